The number of amides is 2. The molecule has 1 aromatic carbocycles. The highest BCUT2D eigenvalue weighted by Crippen LogP contribution is 2.38. The minimum Gasteiger partial charge on any atom is -0.361 e. The molecular formula is C24H31N3O3. The van der Waals surface area contributed by atoms with Crippen LogP contribution in [0.2, 0.25) is 0 Å². The highest BCUT2D eigenvalue weighted by molar-refractivity contribution is 5.93. The molecule has 1 aliphatic heterocycles. The Balaban J connectivity index is 1.62. The average molecular weight is 410 g/mol. The Kier molecular flexibility index (Phi) is 6.21. The van der Waals surface area contributed by atoms with Crippen molar-refractivity contribution in [3.8, 4) is 11.3 Å². The first-order chi connectivity index (χ1) is 14.6. The van der Waals surface area contributed by atoms with Gasteiger partial charge in [0.1, 0.15) is 17.0 Å². The molecule has 2 aromatic rings. The molecule has 0 spiro atoms. The van der Waals surface area contributed by atoms with Crippen LogP contribution in [-0.4, -0.2) is 40.5 Å². The van der Waals surface area contributed by atoms with Gasteiger partial charge in [-0.05, 0) is 32.1 Å². The summed E-state index contributed by atoms with van der Waals surface area (Å²) in [6.07, 6.45) is 6.77. The predicted molar refractivity (Wildman–Crippen MR) is 115 cm³/mol. The Morgan fingerprint density at radius 2 is 1.97 bits per heavy atom. The molecule has 2 amide bonds. The molecule has 0 radical (unpaired) electrons. The summed E-state index contributed by atoms with van der Waals surface area (Å²) in [4.78, 5) is 28.6. The van der Waals surface area contributed by atoms with Gasteiger partial charge in [-0.1, -0.05) is 55.3 Å². The minimum absolute atomic E-state index is 0.0519. The number of carbonyl (C=O) groups excluding carboxylic acids is 2. The monoisotopic (exact) mass is 409 g/mol. The van der Waals surface area contributed by atoms with Crippen LogP contribution in [0.4, 0.5) is 0 Å². The van der Waals surface area contributed by atoms with Crippen molar-refractivity contribution in [2.75, 3.05) is 13.1 Å². The first-order valence-electron chi connectivity index (χ1n) is 11.2. The van der Waals surface area contributed by atoms with E-state index in [1.807, 2.05) is 48.2 Å². The number of hydrogen-bond acceptors (Lipinski definition) is 4. The Morgan fingerprint density at radius 1 is 1.20 bits per heavy atom. The van der Waals surface area contributed by atoms with Gasteiger partial charge < -0.3 is 14.7 Å². The Morgan fingerprint density at radius 3 is 2.70 bits per heavy atom. The summed E-state index contributed by atoms with van der Waals surface area (Å²) in [5.74, 6) is 0.771. The van der Waals surface area contributed by atoms with E-state index in [-0.39, 0.29) is 17.7 Å². The van der Waals surface area contributed by atoms with Crippen LogP contribution in [-0.2, 0) is 16.0 Å². The van der Waals surface area contributed by atoms with Crippen molar-refractivity contribution in [3.05, 3.63) is 42.2 Å². The fraction of sp³-hybridized carbons (Fsp3) is 0.542. The van der Waals surface area contributed by atoms with E-state index >= 15 is 0 Å². The van der Waals surface area contributed by atoms with E-state index in [4.69, 9.17) is 4.52 Å². The first-order valence-corrected chi connectivity index (χ1v) is 11.2. The zero-order chi connectivity index (χ0) is 21.0. The number of rotatable bonds is 7. The van der Waals surface area contributed by atoms with E-state index in [1.165, 1.54) is 0 Å². The molecule has 6 heteroatoms. The van der Waals surface area contributed by atoms with E-state index in [1.54, 1.807) is 0 Å². The van der Waals surface area contributed by atoms with Gasteiger partial charge in [0.15, 0.2) is 0 Å². The molecule has 1 saturated carbocycles. The molecule has 30 heavy (non-hydrogen) atoms. The normalized spacial score (nSPS) is 21.8. The molecule has 0 bridgehead atoms. The topological polar surface area (TPSA) is 75.4 Å². The summed E-state index contributed by atoms with van der Waals surface area (Å²) < 4.78 is 5.65. The van der Waals surface area contributed by atoms with Gasteiger partial charge in [0.25, 0.3) is 0 Å². The quantitative estimate of drug-likeness (QED) is 0.751. The van der Waals surface area contributed by atoms with Crippen LogP contribution >= 0.6 is 0 Å². The Hall–Kier alpha value is -2.63. The third kappa shape index (κ3) is 4.00. The average Bonchev–Trinajstić information content (AvgIpc) is 3.53. The number of carbonyl (C=O) groups is 2. The van der Waals surface area contributed by atoms with Gasteiger partial charge in [0, 0.05) is 37.1 Å². The van der Waals surface area contributed by atoms with Crippen molar-refractivity contribution in [2.45, 2.75) is 63.8 Å². The van der Waals surface area contributed by atoms with Crippen molar-refractivity contribution in [1.82, 2.24) is 15.4 Å². The van der Waals surface area contributed by atoms with Crippen molar-refractivity contribution >= 4 is 11.8 Å². The van der Waals surface area contributed by atoms with Gasteiger partial charge in [-0.15, -0.1) is 0 Å². The van der Waals surface area contributed by atoms with E-state index in [0.29, 0.717) is 31.7 Å². The van der Waals surface area contributed by atoms with E-state index in [0.717, 1.165) is 49.8 Å². The smallest absolute Gasteiger partial charge is 0.246 e. The van der Waals surface area contributed by atoms with Crippen LogP contribution in [0.5, 0.6) is 0 Å². The minimum atomic E-state index is -0.887. The van der Waals surface area contributed by atoms with Crippen LogP contribution in [0.15, 0.2) is 40.9 Å². The molecule has 1 atom stereocenters. The molecular weight excluding hydrogens is 378 g/mol. The number of nitrogens with zero attached hydrogens (tertiary/aromatic N) is 2. The highest BCUT2D eigenvalue weighted by Gasteiger charge is 2.51. The molecule has 1 saturated heterocycles. The van der Waals surface area contributed by atoms with Crippen molar-refractivity contribution in [2.24, 2.45) is 5.92 Å². The molecule has 2 aliphatic rings. The number of likely N-dealkylation sites (tertiary alicyclic amines) is 1. The second-order valence-electron chi connectivity index (χ2n) is 8.58. The summed E-state index contributed by atoms with van der Waals surface area (Å²) in [5.41, 5.74) is 0.839. The number of hydrogen-bond donors (Lipinski definition) is 1. The predicted octanol–water partition coefficient (Wildman–Crippen LogP) is 3.96. The molecule has 6 nitrogen and oxygen atoms in total. The number of nitrogens with one attached hydrogen (secondary N) is 1. The fourth-order valence-corrected chi connectivity index (χ4v) is 4.93. The maximum absolute atomic E-state index is 13.4. The van der Waals surface area contributed by atoms with Crippen LogP contribution in [0.3, 0.4) is 0 Å². The largest absolute Gasteiger partial charge is 0.361 e. The summed E-state index contributed by atoms with van der Waals surface area (Å²) in [6.45, 7) is 3.28. The molecule has 2 fully saturated rings. The van der Waals surface area contributed by atoms with Gasteiger partial charge in [0.2, 0.25) is 11.8 Å². The number of benzene rings is 1. The second kappa shape index (κ2) is 9.02. The molecule has 1 aliphatic carbocycles. The third-order valence-electron chi connectivity index (χ3n) is 6.51. The molecule has 2 heterocycles. The molecule has 160 valence electrons. The lowest BCUT2D eigenvalue weighted by atomic mass is 9.88. The highest BCUT2D eigenvalue weighted by atomic mass is 16.5. The summed E-state index contributed by atoms with van der Waals surface area (Å²) in [7, 11) is 0. The van der Waals surface area contributed by atoms with Crippen LogP contribution in [0.25, 0.3) is 11.3 Å². The van der Waals surface area contributed by atoms with Crippen LogP contribution in [0, 0.1) is 5.92 Å². The summed E-state index contributed by atoms with van der Waals surface area (Å²) >= 11 is 0. The van der Waals surface area contributed by atoms with E-state index in [2.05, 4.69) is 10.5 Å². The summed E-state index contributed by atoms with van der Waals surface area (Å²) in [6, 6.07) is 11.8. The number of aromatic nitrogens is 1. The summed E-state index contributed by atoms with van der Waals surface area (Å²) in [5, 5.41) is 7.27. The maximum Gasteiger partial charge on any atom is 0.246 e. The Bertz CT molecular complexity index is 873. The maximum atomic E-state index is 13.4. The van der Waals surface area contributed by atoms with Crippen LogP contribution in [0.1, 0.15) is 57.6 Å². The Labute approximate surface area is 178 Å². The van der Waals surface area contributed by atoms with Crippen molar-refractivity contribution in [3.63, 3.8) is 0 Å². The zero-order valence-corrected chi connectivity index (χ0v) is 17.7. The van der Waals surface area contributed by atoms with Gasteiger partial charge >= 0.3 is 0 Å². The van der Waals surface area contributed by atoms with E-state index in [9.17, 15) is 9.59 Å². The van der Waals surface area contributed by atoms with Crippen molar-refractivity contribution < 1.29 is 14.1 Å². The lowest BCUT2D eigenvalue weighted by molar-refractivity contribution is -0.148. The second-order valence-corrected chi connectivity index (χ2v) is 8.58. The van der Waals surface area contributed by atoms with Gasteiger partial charge in [-0.3, -0.25) is 9.59 Å². The molecule has 4 rings (SSSR count). The van der Waals surface area contributed by atoms with Crippen molar-refractivity contribution in [1.29, 1.82) is 0 Å². The van der Waals surface area contributed by atoms with Gasteiger partial charge in [0.05, 0.1) is 0 Å². The molecule has 1 N–H and O–H groups in total. The molecule has 0 unspecified atom stereocenters. The van der Waals surface area contributed by atoms with E-state index < -0.39 is 5.54 Å². The molecule has 1 aromatic heterocycles. The van der Waals surface area contributed by atoms with Crippen LogP contribution < -0.4 is 5.32 Å². The zero-order valence-electron chi connectivity index (χ0n) is 17.7. The SMILES string of the molecule is CCCNC(=O)[C@@]1(Cc2cc(-c3ccccc3)no2)CCCN1C(=O)C1CCCC1. The third-order valence-corrected chi connectivity index (χ3v) is 6.51. The van der Waals surface area contributed by atoms with Gasteiger partial charge in [-0.2, -0.15) is 0 Å². The lowest BCUT2D eigenvalue weighted by Gasteiger charge is -2.38. The standard InChI is InChI=1S/C24H31N3O3/c1-2-14-25-23(29)24(13-8-15-27(24)22(28)19-11-6-7-12-19)17-20-16-21(26-30-20)18-9-4-3-5-10-18/h3-5,9-10,16,19H,2,6-8,11-15,17H2,1H3,(H,25,29)/t24-/m0/s1. The lowest BCUT2D eigenvalue weighted by Crippen LogP contribution is -2.59. The van der Waals surface area contributed by atoms with Gasteiger partial charge in [-0.25, -0.2) is 0 Å². The fourth-order valence-electron chi connectivity index (χ4n) is 4.93. The first kappa shape index (κ1) is 20.6.